The number of rotatable bonds is 5. The zero-order valence-corrected chi connectivity index (χ0v) is 12.4. The van der Waals surface area contributed by atoms with E-state index in [0.29, 0.717) is 17.9 Å². The number of hydrogen-bond donors (Lipinski definition) is 1. The number of alkyl halides is 2. The Morgan fingerprint density at radius 1 is 1.36 bits per heavy atom. The predicted molar refractivity (Wildman–Crippen MR) is 77.5 cm³/mol. The first-order valence-corrected chi connectivity index (χ1v) is 7.78. The molecule has 1 aromatic rings. The number of carboxylic acid groups (broad SMARTS) is 1. The smallest absolute Gasteiger partial charge is 0.387 e. The third kappa shape index (κ3) is 4.33. The molecule has 1 aromatic carbocycles. The fraction of sp³-hybridized carbons (Fsp3) is 0.429. The van der Waals surface area contributed by atoms with E-state index in [2.05, 4.69) is 4.74 Å². The third-order valence-electron chi connectivity index (χ3n) is 3.23. The van der Waals surface area contributed by atoms with Crippen LogP contribution in [-0.2, 0) is 4.79 Å². The Kier molecular flexibility index (Phi) is 5.59. The number of aliphatic carboxylic acids is 1. The summed E-state index contributed by atoms with van der Waals surface area (Å²) in [5.74, 6) is 0.0444. The maximum atomic E-state index is 12.5. The second kappa shape index (κ2) is 7.44. The minimum Gasteiger partial charge on any atom is -0.481 e. The monoisotopic (exact) mass is 331 g/mol. The van der Waals surface area contributed by atoms with Gasteiger partial charge in [0, 0.05) is 23.6 Å². The van der Waals surface area contributed by atoms with E-state index >= 15 is 0 Å². The third-order valence-corrected chi connectivity index (χ3v) is 4.32. The Bertz CT molecular complexity index is 538. The quantitative estimate of drug-likeness (QED) is 0.897. The molecule has 1 aliphatic rings. The van der Waals surface area contributed by atoms with Crippen molar-refractivity contribution in [3.05, 3.63) is 29.8 Å². The van der Waals surface area contributed by atoms with E-state index < -0.39 is 12.6 Å². The first-order valence-electron chi connectivity index (χ1n) is 6.62. The van der Waals surface area contributed by atoms with E-state index in [9.17, 15) is 18.4 Å². The van der Waals surface area contributed by atoms with Crippen LogP contribution in [-0.4, -0.2) is 52.6 Å². The molecule has 8 heteroatoms. The summed E-state index contributed by atoms with van der Waals surface area (Å²) in [6.45, 7) is -2.45. The van der Waals surface area contributed by atoms with Crippen molar-refractivity contribution < 1.29 is 28.2 Å². The van der Waals surface area contributed by atoms with Crippen LogP contribution in [0.2, 0.25) is 0 Å². The molecule has 5 nitrogen and oxygen atoms in total. The molecule has 1 N–H and O–H groups in total. The van der Waals surface area contributed by atoms with Crippen molar-refractivity contribution in [2.24, 2.45) is 0 Å². The number of thioether (sulfide) groups is 1. The van der Waals surface area contributed by atoms with Crippen LogP contribution in [0.3, 0.4) is 0 Å². The van der Waals surface area contributed by atoms with Gasteiger partial charge in [0.05, 0.1) is 12.5 Å². The van der Waals surface area contributed by atoms with Gasteiger partial charge >= 0.3 is 12.6 Å². The molecule has 2 rings (SSSR count). The van der Waals surface area contributed by atoms with Gasteiger partial charge in [-0.2, -0.15) is 20.5 Å². The van der Waals surface area contributed by atoms with Gasteiger partial charge in [-0.3, -0.25) is 9.59 Å². The largest absolute Gasteiger partial charge is 0.481 e. The van der Waals surface area contributed by atoms with Crippen LogP contribution < -0.4 is 4.74 Å². The minimum absolute atomic E-state index is 0.0252. The predicted octanol–water partition coefficient (Wildman–Crippen LogP) is 2.32. The second-order valence-corrected chi connectivity index (χ2v) is 5.88. The van der Waals surface area contributed by atoms with Crippen molar-refractivity contribution in [2.75, 3.05) is 18.1 Å². The first kappa shape index (κ1) is 16.5. The van der Waals surface area contributed by atoms with Gasteiger partial charge < -0.3 is 14.7 Å². The highest BCUT2D eigenvalue weighted by Crippen LogP contribution is 2.22. The Morgan fingerprint density at radius 3 is 2.64 bits per heavy atom. The van der Waals surface area contributed by atoms with E-state index in [0.717, 1.165) is 5.75 Å². The van der Waals surface area contributed by atoms with Gasteiger partial charge in [0.1, 0.15) is 5.75 Å². The molecule has 120 valence electrons. The Morgan fingerprint density at radius 2 is 2.05 bits per heavy atom. The zero-order chi connectivity index (χ0) is 16.1. The van der Waals surface area contributed by atoms with Gasteiger partial charge in [-0.15, -0.1) is 0 Å². The van der Waals surface area contributed by atoms with Crippen molar-refractivity contribution in [1.82, 2.24) is 4.90 Å². The van der Waals surface area contributed by atoms with E-state index in [-0.39, 0.29) is 24.1 Å². The summed E-state index contributed by atoms with van der Waals surface area (Å²) in [6.07, 6.45) is -0.106. The SMILES string of the molecule is O=C(O)CC1CSCCN1C(=O)c1ccc(OC(F)F)cc1. The summed E-state index contributed by atoms with van der Waals surface area (Å²) >= 11 is 1.61. The number of carbonyl (C=O) groups excluding carboxylic acids is 1. The molecule has 1 heterocycles. The van der Waals surface area contributed by atoms with Crippen LogP contribution in [0.15, 0.2) is 24.3 Å². The fourth-order valence-electron chi connectivity index (χ4n) is 2.24. The van der Waals surface area contributed by atoms with E-state index in [1.165, 1.54) is 29.2 Å². The van der Waals surface area contributed by atoms with Crippen molar-refractivity contribution in [1.29, 1.82) is 0 Å². The molecule has 1 fully saturated rings. The Labute approximate surface area is 130 Å². The standard InChI is InChI=1S/C14H15F2NO4S/c15-14(16)21-11-3-1-9(2-4-11)13(20)17-5-6-22-8-10(17)7-12(18)19/h1-4,10,14H,5-8H2,(H,18,19). The number of nitrogens with zero attached hydrogens (tertiary/aromatic N) is 1. The zero-order valence-electron chi connectivity index (χ0n) is 11.6. The van der Waals surface area contributed by atoms with Gasteiger partial charge in [-0.1, -0.05) is 0 Å². The maximum Gasteiger partial charge on any atom is 0.387 e. The van der Waals surface area contributed by atoms with E-state index in [4.69, 9.17) is 5.11 Å². The highest BCUT2D eigenvalue weighted by molar-refractivity contribution is 7.99. The molecule has 1 aliphatic heterocycles. The van der Waals surface area contributed by atoms with Gasteiger partial charge in [-0.25, -0.2) is 0 Å². The van der Waals surface area contributed by atoms with Crippen molar-refractivity contribution >= 4 is 23.6 Å². The summed E-state index contributed by atoms with van der Waals surface area (Å²) in [6, 6.07) is 5.04. The summed E-state index contributed by atoms with van der Waals surface area (Å²) < 4.78 is 28.4. The highest BCUT2D eigenvalue weighted by Gasteiger charge is 2.29. The number of benzene rings is 1. The molecule has 1 saturated heterocycles. The Balaban J connectivity index is 2.09. The van der Waals surface area contributed by atoms with Crippen molar-refractivity contribution in [3.8, 4) is 5.75 Å². The van der Waals surface area contributed by atoms with Crippen LogP contribution in [0.4, 0.5) is 8.78 Å². The number of halogens is 2. The topological polar surface area (TPSA) is 66.8 Å². The van der Waals surface area contributed by atoms with Gasteiger partial charge in [0.15, 0.2) is 0 Å². The van der Waals surface area contributed by atoms with E-state index in [1.54, 1.807) is 11.8 Å². The molecule has 0 bridgehead atoms. The molecule has 0 spiro atoms. The van der Waals surface area contributed by atoms with Crippen molar-refractivity contribution in [3.63, 3.8) is 0 Å². The number of carboxylic acids is 1. The highest BCUT2D eigenvalue weighted by atomic mass is 32.2. The molecule has 0 aromatic heterocycles. The fourth-order valence-corrected chi connectivity index (χ4v) is 3.30. The molecule has 22 heavy (non-hydrogen) atoms. The molecule has 0 saturated carbocycles. The lowest BCUT2D eigenvalue weighted by molar-refractivity contribution is -0.138. The second-order valence-electron chi connectivity index (χ2n) is 4.73. The molecular formula is C14H15F2NO4S. The molecule has 1 atom stereocenters. The molecule has 1 amide bonds. The minimum atomic E-state index is -2.92. The maximum absolute atomic E-state index is 12.5. The first-order chi connectivity index (χ1) is 10.5. The molecule has 1 unspecified atom stereocenters. The van der Waals surface area contributed by atoms with Gasteiger partial charge in [0.25, 0.3) is 5.91 Å². The summed E-state index contributed by atoms with van der Waals surface area (Å²) in [4.78, 5) is 24.9. The summed E-state index contributed by atoms with van der Waals surface area (Å²) in [7, 11) is 0. The van der Waals surface area contributed by atoms with E-state index in [1.807, 2.05) is 0 Å². The van der Waals surface area contributed by atoms with Crippen LogP contribution in [0.1, 0.15) is 16.8 Å². The average Bonchev–Trinajstić information content (AvgIpc) is 2.47. The van der Waals surface area contributed by atoms with Crippen molar-refractivity contribution in [2.45, 2.75) is 19.1 Å². The summed E-state index contributed by atoms with van der Waals surface area (Å²) in [5.41, 5.74) is 0.323. The normalized spacial score (nSPS) is 18.3. The lowest BCUT2D eigenvalue weighted by Gasteiger charge is -2.34. The number of carbonyl (C=O) groups is 2. The lowest BCUT2D eigenvalue weighted by atomic mass is 10.1. The molecule has 0 aliphatic carbocycles. The van der Waals surface area contributed by atoms with Crippen LogP contribution >= 0.6 is 11.8 Å². The van der Waals surface area contributed by atoms with Crippen LogP contribution in [0, 0.1) is 0 Å². The van der Waals surface area contributed by atoms with Gasteiger partial charge in [0.2, 0.25) is 0 Å². The average molecular weight is 331 g/mol. The number of hydrogen-bond acceptors (Lipinski definition) is 4. The lowest BCUT2D eigenvalue weighted by Crippen LogP contribution is -2.47. The number of ether oxygens (including phenoxy) is 1. The summed E-state index contributed by atoms with van der Waals surface area (Å²) in [5, 5.41) is 8.92. The molecular weight excluding hydrogens is 316 g/mol. The van der Waals surface area contributed by atoms with Crippen LogP contribution in [0.5, 0.6) is 5.75 Å². The Hall–Kier alpha value is -1.83. The number of amides is 1. The molecule has 0 radical (unpaired) electrons. The van der Waals surface area contributed by atoms with Gasteiger partial charge in [-0.05, 0) is 24.3 Å². The van der Waals surface area contributed by atoms with Crippen LogP contribution in [0.25, 0.3) is 0 Å².